The maximum atomic E-state index is 12.0. The van der Waals surface area contributed by atoms with E-state index >= 15 is 0 Å². The van der Waals surface area contributed by atoms with Gasteiger partial charge in [-0.2, -0.15) is 0 Å². The highest BCUT2D eigenvalue weighted by atomic mass is 16.5. The van der Waals surface area contributed by atoms with Crippen molar-refractivity contribution in [2.75, 3.05) is 14.2 Å². The summed E-state index contributed by atoms with van der Waals surface area (Å²) in [6.45, 7) is 0. The van der Waals surface area contributed by atoms with Crippen LogP contribution in [0.2, 0.25) is 0 Å². The van der Waals surface area contributed by atoms with Gasteiger partial charge in [-0.05, 0) is 42.3 Å². The first-order valence-electron chi connectivity index (χ1n) is 7.35. The van der Waals surface area contributed by atoms with E-state index in [0.29, 0.717) is 11.3 Å². The molecule has 0 saturated carbocycles. The molecule has 3 aromatic rings. The molecule has 0 aliphatic rings. The molecule has 4 nitrogen and oxygen atoms in total. The Bertz CT molecular complexity index is 950. The van der Waals surface area contributed by atoms with Gasteiger partial charge in [0, 0.05) is 10.9 Å². The number of hydrogen-bond acceptors (Lipinski definition) is 4. The molecule has 0 amide bonds. The van der Waals surface area contributed by atoms with E-state index in [-0.39, 0.29) is 0 Å². The van der Waals surface area contributed by atoms with Crippen LogP contribution in [0.3, 0.4) is 0 Å². The van der Waals surface area contributed by atoms with E-state index in [4.69, 9.17) is 9.47 Å². The lowest BCUT2D eigenvalue weighted by Gasteiger charge is -2.04. The summed E-state index contributed by atoms with van der Waals surface area (Å²) in [6.07, 6.45) is 0. The Kier molecular flexibility index (Phi) is 4.44. The number of benzene rings is 2. The van der Waals surface area contributed by atoms with Gasteiger partial charge in [0.2, 0.25) is 0 Å². The van der Waals surface area contributed by atoms with Crippen LogP contribution in [0.4, 0.5) is 0 Å². The third kappa shape index (κ3) is 3.21. The molecule has 3 rings (SSSR count). The van der Waals surface area contributed by atoms with Crippen molar-refractivity contribution in [1.29, 1.82) is 0 Å². The normalized spacial score (nSPS) is 9.92. The third-order valence-corrected chi connectivity index (χ3v) is 3.54. The van der Waals surface area contributed by atoms with E-state index in [1.165, 1.54) is 7.11 Å². The highest BCUT2D eigenvalue weighted by molar-refractivity contribution is 5.96. The number of pyridine rings is 1. The lowest BCUT2D eigenvalue weighted by molar-refractivity contribution is 0.0600. The van der Waals surface area contributed by atoms with E-state index in [1.807, 2.05) is 48.5 Å². The minimum Gasteiger partial charge on any atom is -0.497 e. The second-order valence-electron chi connectivity index (χ2n) is 5.05. The van der Waals surface area contributed by atoms with Gasteiger partial charge in [-0.1, -0.05) is 24.1 Å². The number of rotatable bonds is 2. The van der Waals surface area contributed by atoms with Gasteiger partial charge in [-0.3, -0.25) is 0 Å². The molecule has 0 radical (unpaired) electrons. The van der Waals surface area contributed by atoms with Gasteiger partial charge in [0.25, 0.3) is 0 Å². The predicted octanol–water partition coefficient (Wildman–Crippen LogP) is 3.43. The fraction of sp³-hybridized carbons (Fsp3) is 0.100. The van der Waals surface area contributed by atoms with Crippen LogP contribution in [0.15, 0.2) is 54.6 Å². The molecule has 0 bridgehead atoms. The minimum atomic E-state index is -0.452. The molecule has 2 aromatic carbocycles. The highest BCUT2D eigenvalue weighted by Gasteiger charge is 2.13. The number of hydrogen-bond donors (Lipinski definition) is 0. The van der Waals surface area contributed by atoms with Crippen LogP contribution in [0.25, 0.3) is 10.9 Å². The summed E-state index contributed by atoms with van der Waals surface area (Å²) < 4.78 is 9.97. The first-order valence-corrected chi connectivity index (χ1v) is 7.35. The Morgan fingerprint density at radius 3 is 2.46 bits per heavy atom. The van der Waals surface area contributed by atoms with Crippen molar-refractivity contribution in [3.8, 4) is 17.6 Å². The number of esters is 1. The first-order chi connectivity index (χ1) is 11.7. The van der Waals surface area contributed by atoms with E-state index in [2.05, 4.69) is 16.8 Å². The fourth-order valence-corrected chi connectivity index (χ4v) is 2.28. The summed E-state index contributed by atoms with van der Waals surface area (Å²) in [5.74, 6) is 6.30. The van der Waals surface area contributed by atoms with Crippen LogP contribution in [0, 0.1) is 11.8 Å². The largest absolute Gasteiger partial charge is 0.497 e. The molecule has 0 unspecified atom stereocenters. The second kappa shape index (κ2) is 6.84. The lowest BCUT2D eigenvalue weighted by Crippen LogP contribution is -2.06. The van der Waals surface area contributed by atoms with Crippen molar-refractivity contribution in [1.82, 2.24) is 4.98 Å². The Morgan fingerprint density at radius 1 is 1.00 bits per heavy atom. The Balaban J connectivity index is 2.07. The zero-order valence-electron chi connectivity index (χ0n) is 13.4. The van der Waals surface area contributed by atoms with Crippen molar-refractivity contribution < 1.29 is 14.3 Å². The Morgan fingerprint density at radius 2 is 1.75 bits per heavy atom. The van der Waals surface area contributed by atoms with E-state index in [9.17, 15) is 4.79 Å². The molecule has 24 heavy (non-hydrogen) atoms. The van der Waals surface area contributed by atoms with Crippen LogP contribution in [-0.2, 0) is 4.74 Å². The average Bonchev–Trinajstić information content (AvgIpc) is 2.65. The number of fused-ring (bicyclic) bond motifs is 1. The Labute approximate surface area is 140 Å². The molecule has 0 aliphatic carbocycles. The number of aromatic nitrogens is 1. The average molecular weight is 317 g/mol. The van der Waals surface area contributed by atoms with Gasteiger partial charge in [-0.25, -0.2) is 9.78 Å². The summed E-state index contributed by atoms with van der Waals surface area (Å²) in [7, 11) is 2.96. The van der Waals surface area contributed by atoms with Crippen molar-refractivity contribution in [2.45, 2.75) is 0 Å². The maximum Gasteiger partial charge on any atom is 0.340 e. The van der Waals surface area contributed by atoms with E-state index in [1.54, 1.807) is 13.2 Å². The highest BCUT2D eigenvalue weighted by Crippen LogP contribution is 2.17. The van der Waals surface area contributed by atoms with Gasteiger partial charge in [0.15, 0.2) is 0 Å². The summed E-state index contributed by atoms with van der Waals surface area (Å²) in [5, 5.41) is 0.868. The fourth-order valence-electron chi connectivity index (χ4n) is 2.28. The topological polar surface area (TPSA) is 48.4 Å². The molecule has 0 spiro atoms. The van der Waals surface area contributed by atoms with Gasteiger partial charge >= 0.3 is 5.97 Å². The number of methoxy groups -OCH3 is 2. The van der Waals surface area contributed by atoms with Gasteiger partial charge in [0.05, 0.1) is 25.3 Å². The zero-order chi connectivity index (χ0) is 16.9. The molecule has 0 fully saturated rings. The van der Waals surface area contributed by atoms with Crippen LogP contribution < -0.4 is 4.74 Å². The molecule has 0 aliphatic heterocycles. The number of carbonyl (C=O) groups excluding carboxylic acids is 1. The minimum absolute atomic E-state index is 0.359. The third-order valence-electron chi connectivity index (χ3n) is 3.54. The number of para-hydroxylation sites is 1. The number of ether oxygens (including phenoxy) is 2. The second-order valence-corrected chi connectivity index (χ2v) is 5.05. The quantitative estimate of drug-likeness (QED) is 0.537. The molecule has 1 aromatic heterocycles. The van der Waals surface area contributed by atoms with Crippen LogP contribution >= 0.6 is 0 Å². The Hall–Kier alpha value is -3.32. The molecule has 0 atom stereocenters. The van der Waals surface area contributed by atoms with E-state index in [0.717, 1.165) is 22.2 Å². The van der Waals surface area contributed by atoms with Gasteiger partial charge < -0.3 is 9.47 Å². The summed E-state index contributed by atoms with van der Waals surface area (Å²) in [6, 6.07) is 16.7. The zero-order valence-corrected chi connectivity index (χ0v) is 13.4. The molecular weight excluding hydrogens is 302 g/mol. The molecule has 0 N–H and O–H groups in total. The predicted molar refractivity (Wildman–Crippen MR) is 92.1 cm³/mol. The lowest BCUT2D eigenvalue weighted by atomic mass is 10.1. The van der Waals surface area contributed by atoms with Crippen LogP contribution in [-0.4, -0.2) is 25.2 Å². The van der Waals surface area contributed by atoms with Crippen molar-refractivity contribution >= 4 is 16.9 Å². The molecule has 118 valence electrons. The van der Waals surface area contributed by atoms with Crippen LogP contribution in [0.5, 0.6) is 5.75 Å². The maximum absolute atomic E-state index is 12.0. The van der Waals surface area contributed by atoms with Crippen molar-refractivity contribution in [3.63, 3.8) is 0 Å². The molecule has 0 saturated heterocycles. The van der Waals surface area contributed by atoms with Crippen molar-refractivity contribution in [2.24, 2.45) is 0 Å². The molecular formula is C20H15NO3. The van der Waals surface area contributed by atoms with Gasteiger partial charge in [0.1, 0.15) is 11.4 Å². The summed E-state index contributed by atoms with van der Waals surface area (Å²) in [5.41, 5.74) is 2.35. The summed E-state index contributed by atoms with van der Waals surface area (Å²) >= 11 is 0. The molecule has 4 heteroatoms. The number of nitrogens with zero attached hydrogens (tertiary/aromatic N) is 1. The monoisotopic (exact) mass is 317 g/mol. The first kappa shape index (κ1) is 15.6. The van der Waals surface area contributed by atoms with Crippen molar-refractivity contribution in [3.05, 3.63) is 71.4 Å². The summed E-state index contributed by atoms with van der Waals surface area (Å²) in [4.78, 5) is 16.5. The van der Waals surface area contributed by atoms with Gasteiger partial charge in [-0.15, -0.1) is 0 Å². The van der Waals surface area contributed by atoms with E-state index < -0.39 is 5.97 Å². The standard InChI is InChI=1S/C20H15NO3/c1-23-16-10-7-14(8-11-16)9-12-19-17(20(22)24-2)13-15-5-3-4-6-18(15)21-19/h3-8,10-11,13H,1-2H3. The smallest absolute Gasteiger partial charge is 0.340 e. The number of carbonyl (C=O) groups is 1. The van der Waals surface area contributed by atoms with Crippen LogP contribution in [0.1, 0.15) is 21.6 Å². The molecule has 1 heterocycles. The SMILES string of the molecule is COC(=O)c1cc2ccccc2nc1C#Cc1ccc(OC)cc1.